The van der Waals surface area contributed by atoms with Gasteiger partial charge < -0.3 is 4.57 Å². The van der Waals surface area contributed by atoms with Gasteiger partial charge in [-0.2, -0.15) is 0 Å². The van der Waals surface area contributed by atoms with Gasteiger partial charge in [0.25, 0.3) is 0 Å². The molecule has 2 aromatic carbocycles. The molecule has 0 saturated heterocycles. The molecule has 31 heavy (non-hydrogen) atoms. The third-order valence-corrected chi connectivity index (χ3v) is 8.81. The van der Waals surface area contributed by atoms with Crippen LogP contribution in [0.15, 0.2) is 30.3 Å². The van der Waals surface area contributed by atoms with E-state index in [-0.39, 0.29) is 38.1 Å². The second-order valence-electron chi connectivity index (χ2n) is 9.41. The van der Waals surface area contributed by atoms with Crippen LogP contribution in [0, 0.1) is 25.2 Å². The minimum atomic E-state index is -4.10. The molecule has 0 heterocycles. The average molecular weight is 502 g/mol. The summed E-state index contributed by atoms with van der Waals surface area (Å²) in [5.41, 5.74) is 0.0555. The van der Waals surface area contributed by atoms with Crippen LogP contribution in [0.5, 0.6) is 0 Å². The van der Waals surface area contributed by atoms with Crippen molar-refractivity contribution in [2.24, 2.45) is 11.3 Å². The van der Waals surface area contributed by atoms with Gasteiger partial charge in [0.2, 0.25) is 18.2 Å². The standard InChI is InChI=1S/C24H28Cl3O3P/c1-14(12-24(4,5)6)13-31(30,22(28)20-15(2)8-7-9-16(20)3)23(29)21-18(26)10-17(25)11-19(21)27/h7-11,14H,12-13H2,1-6H3. The average Bonchev–Trinajstić information content (AvgIpc) is 2.58. The van der Waals surface area contributed by atoms with Crippen LogP contribution in [0.1, 0.15) is 66.0 Å². The van der Waals surface area contributed by atoms with Crippen molar-refractivity contribution in [1.29, 1.82) is 0 Å². The van der Waals surface area contributed by atoms with E-state index in [9.17, 15) is 14.2 Å². The number of rotatable bonds is 7. The van der Waals surface area contributed by atoms with Crippen molar-refractivity contribution in [2.75, 3.05) is 6.16 Å². The lowest BCUT2D eigenvalue weighted by Gasteiger charge is -2.27. The topological polar surface area (TPSA) is 51.2 Å². The van der Waals surface area contributed by atoms with Gasteiger partial charge >= 0.3 is 0 Å². The van der Waals surface area contributed by atoms with Crippen LogP contribution in [0.4, 0.5) is 0 Å². The second kappa shape index (κ2) is 9.79. The van der Waals surface area contributed by atoms with Gasteiger partial charge in [-0.15, -0.1) is 0 Å². The smallest absolute Gasteiger partial charge is 0.231 e. The zero-order valence-electron chi connectivity index (χ0n) is 18.7. The molecule has 0 spiro atoms. The van der Waals surface area contributed by atoms with Gasteiger partial charge in [0, 0.05) is 16.7 Å². The summed E-state index contributed by atoms with van der Waals surface area (Å²) in [5.74, 6) is -0.132. The number of benzene rings is 2. The summed E-state index contributed by atoms with van der Waals surface area (Å²) in [4.78, 5) is 27.4. The van der Waals surface area contributed by atoms with Crippen molar-refractivity contribution >= 4 is 53.0 Å². The van der Waals surface area contributed by atoms with Crippen LogP contribution < -0.4 is 0 Å². The summed E-state index contributed by atoms with van der Waals surface area (Å²) in [5, 5.41) is 0.226. The summed E-state index contributed by atoms with van der Waals surface area (Å²) < 4.78 is 14.4. The molecule has 0 amide bonds. The van der Waals surface area contributed by atoms with E-state index in [1.54, 1.807) is 26.0 Å². The molecule has 7 heteroatoms. The highest BCUT2D eigenvalue weighted by Crippen LogP contribution is 2.56. The molecule has 0 aliphatic heterocycles. The molecule has 0 radical (unpaired) electrons. The first-order chi connectivity index (χ1) is 14.2. The van der Waals surface area contributed by atoms with Gasteiger partial charge in [0.15, 0.2) is 0 Å². The minimum absolute atomic E-state index is 0.0134. The molecule has 2 aromatic rings. The van der Waals surface area contributed by atoms with Crippen LogP contribution in [0.25, 0.3) is 0 Å². The normalized spacial score (nSPS) is 14.7. The van der Waals surface area contributed by atoms with Gasteiger partial charge in [-0.3, -0.25) is 9.59 Å². The largest absolute Gasteiger partial charge is 0.307 e. The first kappa shape index (κ1) is 26.1. The summed E-state index contributed by atoms with van der Waals surface area (Å²) in [7, 11) is -4.10. The predicted octanol–water partition coefficient (Wildman–Crippen LogP) is 8.68. The van der Waals surface area contributed by atoms with Gasteiger partial charge in [0.1, 0.15) is 0 Å². The van der Waals surface area contributed by atoms with E-state index in [0.29, 0.717) is 23.1 Å². The fourth-order valence-corrected chi connectivity index (χ4v) is 8.03. The maximum Gasteiger partial charge on any atom is 0.231 e. The Morgan fingerprint density at radius 3 is 1.84 bits per heavy atom. The highest BCUT2D eigenvalue weighted by Gasteiger charge is 2.44. The Labute approximate surface area is 199 Å². The van der Waals surface area contributed by atoms with Gasteiger partial charge in [0.05, 0.1) is 15.6 Å². The third kappa shape index (κ3) is 6.02. The maximum atomic E-state index is 14.4. The van der Waals surface area contributed by atoms with E-state index in [4.69, 9.17) is 34.8 Å². The molecule has 0 bridgehead atoms. The molecule has 3 nitrogen and oxygen atoms in total. The number of carbonyl (C=O) groups excluding carboxylic acids is 2. The number of carbonyl (C=O) groups is 2. The van der Waals surface area contributed by atoms with Crippen LogP contribution in [-0.2, 0) is 4.57 Å². The minimum Gasteiger partial charge on any atom is -0.307 e. The Balaban J connectivity index is 2.67. The Morgan fingerprint density at radius 1 is 0.935 bits per heavy atom. The lowest BCUT2D eigenvalue weighted by Crippen LogP contribution is -2.21. The predicted molar refractivity (Wildman–Crippen MR) is 132 cm³/mol. The van der Waals surface area contributed by atoms with Crippen LogP contribution in [-0.4, -0.2) is 17.2 Å². The molecule has 0 aromatic heterocycles. The number of halogens is 3. The zero-order valence-corrected chi connectivity index (χ0v) is 21.8. The monoisotopic (exact) mass is 500 g/mol. The molecule has 2 atom stereocenters. The van der Waals surface area contributed by atoms with Gasteiger partial charge in [-0.05, 0) is 54.9 Å². The maximum absolute atomic E-state index is 14.4. The second-order valence-corrected chi connectivity index (χ2v) is 13.3. The van der Waals surface area contributed by atoms with Gasteiger partial charge in [-0.1, -0.05) is 80.7 Å². The van der Waals surface area contributed by atoms with Crippen molar-refractivity contribution in [2.45, 2.75) is 48.0 Å². The molecule has 2 unspecified atom stereocenters. The SMILES string of the molecule is Cc1cccc(C)c1C(=O)P(=O)(CC(C)CC(C)(C)C)C(=O)c1c(Cl)cc(Cl)cc1Cl. The van der Waals surface area contributed by atoms with E-state index >= 15 is 0 Å². The third-order valence-electron chi connectivity index (χ3n) is 5.10. The first-order valence-corrected chi connectivity index (χ1v) is 13.1. The fraction of sp³-hybridized carbons (Fsp3) is 0.417. The van der Waals surface area contributed by atoms with Crippen molar-refractivity contribution < 1.29 is 14.2 Å². The van der Waals surface area contributed by atoms with Crippen molar-refractivity contribution in [3.8, 4) is 0 Å². The lowest BCUT2D eigenvalue weighted by molar-refractivity contribution is 0.103. The van der Waals surface area contributed by atoms with Crippen molar-refractivity contribution in [1.82, 2.24) is 0 Å². The lowest BCUT2D eigenvalue weighted by atomic mass is 9.86. The van der Waals surface area contributed by atoms with Gasteiger partial charge in [-0.25, -0.2) is 0 Å². The fourth-order valence-electron chi connectivity index (χ4n) is 4.07. The van der Waals surface area contributed by atoms with E-state index in [1.807, 2.05) is 13.0 Å². The molecule has 0 N–H and O–H groups in total. The number of aryl methyl sites for hydroxylation is 2. The zero-order chi connectivity index (χ0) is 23.7. The number of hydrogen-bond donors (Lipinski definition) is 0. The highest BCUT2D eigenvalue weighted by atomic mass is 35.5. The Bertz CT molecular complexity index is 1030. The van der Waals surface area contributed by atoms with E-state index in [2.05, 4.69) is 20.8 Å². The highest BCUT2D eigenvalue weighted by molar-refractivity contribution is 7.95. The summed E-state index contributed by atoms with van der Waals surface area (Å²) >= 11 is 18.5. The Kier molecular flexibility index (Phi) is 8.26. The molecule has 168 valence electrons. The van der Waals surface area contributed by atoms with E-state index in [0.717, 1.165) is 0 Å². The van der Waals surface area contributed by atoms with Crippen LogP contribution in [0.2, 0.25) is 15.1 Å². The van der Waals surface area contributed by atoms with Crippen molar-refractivity contribution in [3.05, 3.63) is 67.7 Å². The molecule has 0 aliphatic carbocycles. The first-order valence-electron chi connectivity index (χ1n) is 10.1. The molecule has 0 aliphatic rings. The Hall–Kier alpha value is -1.12. The molecule has 0 saturated carbocycles. The molecule has 0 fully saturated rings. The molecular weight excluding hydrogens is 474 g/mol. The molecular formula is C24H28Cl3O3P. The summed E-state index contributed by atoms with van der Waals surface area (Å²) in [6.07, 6.45) is 0.650. The summed E-state index contributed by atoms with van der Waals surface area (Å²) in [6, 6.07) is 8.11. The number of hydrogen-bond acceptors (Lipinski definition) is 3. The van der Waals surface area contributed by atoms with E-state index in [1.165, 1.54) is 12.1 Å². The Morgan fingerprint density at radius 2 is 1.39 bits per heavy atom. The quantitative estimate of drug-likeness (QED) is 0.357. The van der Waals surface area contributed by atoms with Crippen LogP contribution >= 0.6 is 41.9 Å². The van der Waals surface area contributed by atoms with Crippen molar-refractivity contribution in [3.63, 3.8) is 0 Å². The van der Waals surface area contributed by atoms with E-state index < -0.39 is 18.2 Å². The molecule has 2 rings (SSSR count). The van der Waals surface area contributed by atoms with Crippen LogP contribution in [0.3, 0.4) is 0 Å². The summed E-state index contributed by atoms with van der Waals surface area (Å²) in [6.45, 7) is 11.7.